The molecule has 2 aromatic carbocycles. The molecule has 24 heavy (non-hydrogen) atoms. The van der Waals surface area contributed by atoms with Gasteiger partial charge in [-0.2, -0.15) is 0 Å². The van der Waals surface area contributed by atoms with Gasteiger partial charge in [-0.25, -0.2) is 4.39 Å². The summed E-state index contributed by atoms with van der Waals surface area (Å²) in [5, 5.41) is 11.7. The van der Waals surface area contributed by atoms with E-state index in [4.69, 9.17) is 4.42 Å². The van der Waals surface area contributed by atoms with E-state index in [1.54, 1.807) is 12.1 Å². The van der Waals surface area contributed by atoms with Gasteiger partial charge in [0.1, 0.15) is 22.7 Å². The van der Waals surface area contributed by atoms with Crippen LogP contribution in [0.4, 0.5) is 4.39 Å². The molecule has 0 radical (unpaired) electrons. The minimum atomic E-state index is -0.453. The highest BCUT2D eigenvalue weighted by molar-refractivity contribution is 9.12. The molecule has 0 atom stereocenters. The number of aliphatic hydroxyl groups is 1. The molecule has 3 aromatic rings. The molecule has 0 amide bonds. The van der Waals surface area contributed by atoms with Crippen LogP contribution in [0.1, 0.15) is 12.5 Å². The lowest BCUT2D eigenvalue weighted by Crippen LogP contribution is -1.84. The minimum absolute atomic E-state index is 0.0407. The molecule has 0 aliphatic carbocycles. The summed E-state index contributed by atoms with van der Waals surface area (Å²) in [5.74, 6) is -0.494. The molecule has 0 aliphatic rings. The van der Waals surface area contributed by atoms with Crippen LogP contribution in [0.3, 0.4) is 0 Å². The number of allylic oxidation sites excluding steroid dienone is 4. The van der Waals surface area contributed by atoms with Crippen molar-refractivity contribution in [2.24, 2.45) is 0 Å². The van der Waals surface area contributed by atoms with E-state index in [0.717, 1.165) is 19.7 Å². The van der Waals surface area contributed by atoms with Crippen molar-refractivity contribution >= 4 is 59.9 Å². The highest BCUT2D eigenvalue weighted by atomic mass is 79.9. The number of aliphatic hydroxyl groups excluding tert-OH is 1. The third kappa shape index (κ3) is 3.47. The van der Waals surface area contributed by atoms with Crippen LogP contribution in [0.15, 0.2) is 67.7 Å². The van der Waals surface area contributed by atoms with Crippen LogP contribution in [0, 0.1) is 5.82 Å². The molecule has 1 aromatic heterocycles. The van der Waals surface area contributed by atoms with Crippen LogP contribution in [-0.4, -0.2) is 5.11 Å². The Labute approximate surface area is 155 Å². The van der Waals surface area contributed by atoms with Crippen molar-refractivity contribution in [2.45, 2.75) is 6.92 Å². The minimum Gasteiger partial charge on any atom is -0.508 e. The van der Waals surface area contributed by atoms with Gasteiger partial charge in [0.15, 0.2) is 0 Å². The zero-order valence-electron chi connectivity index (χ0n) is 12.7. The van der Waals surface area contributed by atoms with Crippen LogP contribution in [0.25, 0.3) is 28.0 Å². The van der Waals surface area contributed by atoms with Gasteiger partial charge < -0.3 is 9.52 Å². The normalized spacial score (nSPS) is 13.5. The van der Waals surface area contributed by atoms with Crippen LogP contribution in [0.5, 0.6) is 0 Å². The second kappa shape index (κ2) is 6.95. The molecule has 1 heterocycles. The van der Waals surface area contributed by atoms with Gasteiger partial charge >= 0.3 is 0 Å². The third-order valence-corrected chi connectivity index (χ3v) is 4.76. The van der Waals surface area contributed by atoms with Gasteiger partial charge in [-0.15, -0.1) is 0 Å². The summed E-state index contributed by atoms with van der Waals surface area (Å²) >= 11 is 6.74. The van der Waals surface area contributed by atoms with Gasteiger partial charge in [-0.3, -0.25) is 0 Å². The molecular weight excluding hydrogens is 439 g/mol. The van der Waals surface area contributed by atoms with E-state index in [9.17, 15) is 9.50 Å². The number of fused-ring (bicyclic) bond motifs is 3. The second-order valence-corrected chi connectivity index (χ2v) is 7.02. The van der Waals surface area contributed by atoms with Gasteiger partial charge in [0.2, 0.25) is 0 Å². The van der Waals surface area contributed by atoms with E-state index in [1.807, 2.05) is 31.2 Å². The summed E-state index contributed by atoms with van der Waals surface area (Å²) < 4.78 is 21.7. The molecule has 1 N–H and O–H groups in total. The average molecular weight is 452 g/mol. The maximum absolute atomic E-state index is 14.3. The van der Waals surface area contributed by atoms with Gasteiger partial charge in [-0.1, -0.05) is 37.9 Å². The molecule has 0 unspecified atom stereocenters. The topological polar surface area (TPSA) is 33.4 Å². The smallest absolute Gasteiger partial charge is 0.138 e. The van der Waals surface area contributed by atoms with Crippen molar-refractivity contribution in [3.63, 3.8) is 0 Å². The lowest BCUT2D eigenvalue weighted by atomic mass is 10.1. The number of hydrogen-bond acceptors (Lipinski definition) is 2. The summed E-state index contributed by atoms with van der Waals surface area (Å²) in [6.45, 7) is 1.87. The van der Waals surface area contributed by atoms with E-state index in [0.29, 0.717) is 16.7 Å². The monoisotopic (exact) mass is 450 g/mol. The van der Waals surface area contributed by atoms with Crippen LogP contribution < -0.4 is 0 Å². The zero-order chi connectivity index (χ0) is 17.3. The summed E-state index contributed by atoms with van der Waals surface area (Å²) in [6, 6.07) is 8.65. The van der Waals surface area contributed by atoms with Gasteiger partial charge in [0, 0.05) is 31.4 Å². The Kier molecular flexibility index (Phi) is 4.92. The van der Waals surface area contributed by atoms with Crippen molar-refractivity contribution in [1.82, 2.24) is 0 Å². The highest BCUT2D eigenvalue weighted by Crippen LogP contribution is 2.33. The summed E-state index contributed by atoms with van der Waals surface area (Å²) in [6.07, 6.45) is 6.41. The molecule has 5 heteroatoms. The maximum Gasteiger partial charge on any atom is 0.138 e. The average Bonchev–Trinajstić information content (AvgIpc) is 2.89. The number of benzene rings is 2. The van der Waals surface area contributed by atoms with Crippen LogP contribution in [0.2, 0.25) is 0 Å². The number of halogens is 3. The van der Waals surface area contributed by atoms with E-state index < -0.39 is 5.82 Å². The molecule has 122 valence electrons. The number of hydrogen-bond donors (Lipinski definition) is 1. The Morgan fingerprint density at radius 1 is 1.12 bits per heavy atom. The van der Waals surface area contributed by atoms with Gasteiger partial charge in [0.25, 0.3) is 0 Å². The zero-order valence-corrected chi connectivity index (χ0v) is 15.9. The number of furan rings is 1. The summed E-state index contributed by atoms with van der Waals surface area (Å²) in [5.41, 5.74) is 1.46. The van der Waals surface area contributed by atoms with Crippen molar-refractivity contribution < 1.29 is 13.9 Å². The summed E-state index contributed by atoms with van der Waals surface area (Å²) in [7, 11) is 0. The van der Waals surface area contributed by atoms with E-state index in [1.165, 1.54) is 18.2 Å². The lowest BCUT2D eigenvalue weighted by molar-refractivity contribution is 0.437. The quantitative estimate of drug-likeness (QED) is 0.336. The Morgan fingerprint density at radius 2 is 1.88 bits per heavy atom. The lowest BCUT2D eigenvalue weighted by Gasteiger charge is -1.99. The Morgan fingerprint density at radius 3 is 2.62 bits per heavy atom. The molecule has 3 rings (SSSR count). The largest absolute Gasteiger partial charge is 0.508 e. The first-order valence-electron chi connectivity index (χ1n) is 7.20. The predicted molar refractivity (Wildman–Crippen MR) is 104 cm³/mol. The van der Waals surface area contributed by atoms with Crippen molar-refractivity contribution in [3.05, 3.63) is 74.7 Å². The first-order valence-corrected chi connectivity index (χ1v) is 8.78. The van der Waals surface area contributed by atoms with E-state index >= 15 is 0 Å². The van der Waals surface area contributed by atoms with E-state index in [2.05, 4.69) is 31.9 Å². The fraction of sp³-hybridized carbons (Fsp3) is 0.0526. The van der Waals surface area contributed by atoms with Gasteiger partial charge in [-0.05, 0) is 49.4 Å². The van der Waals surface area contributed by atoms with Crippen molar-refractivity contribution in [3.8, 4) is 0 Å². The molecule has 0 saturated heterocycles. The standard InChI is InChI=1S/C19H13Br2FO2/c1-2-12(20)3-5-14(23)7-11-8-15-16-9-13(21)4-6-18(16)24-19(15)10-17(11)22/h2-10,23H,1H3/b5-3-,12-2+,14-7-. The Balaban J connectivity index is 2.11. The Hall–Kier alpha value is -1.85. The fourth-order valence-electron chi connectivity index (χ4n) is 2.37. The van der Waals surface area contributed by atoms with Crippen LogP contribution >= 0.6 is 31.9 Å². The van der Waals surface area contributed by atoms with E-state index in [-0.39, 0.29) is 5.76 Å². The molecule has 0 aliphatic heterocycles. The Bertz CT molecular complexity index is 1010. The SMILES string of the molecule is C\C=C(Br)/C=C\C(O)=C\c1cc2c(cc1F)oc1ccc(Br)cc12. The first-order chi connectivity index (χ1) is 11.5. The summed E-state index contributed by atoms with van der Waals surface area (Å²) in [4.78, 5) is 0. The van der Waals surface area contributed by atoms with Crippen LogP contribution in [-0.2, 0) is 0 Å². The number of rotatable bonds is 3. The molecule has 0 fully saturated rings. The molecule has 0 bridgehead atoms. The predicted octanol–water partition coefficient (Wildman–Crippen LogP) is 7.24. The molecule has 0 saturated carbocycles. The van der Waals surface area contributed by atoms with Crippen molar-refractivity contribution in [1.29, 1.82) is 0 Å². The maximum atomic E-state index is 14.3. The first kappa shape index (κ1) is 17.0. The third-order valence-electron chi connectivity index (χ3n) is 3.54. The molecule has 2 nitrogen and oxygen atoms in total. The molecule has 0 spiro atoms. The fourth-order valence-corrected chi connectivity index (χ4v) is 2.86. The molecular formula is C19H13Br2FO2. The van der Waals surface area contributed by atoms with Gasteiger partial charge in [0.05, 0.1) is 0 Å². The van der Waals surface area contributed by atoms with Crippen molar-refractivity contribution in [2.75, 3.05) is 0 Å². The second-order valence-electron chi connectivity index (χ2n) is 5.19. The highest BCUT2D eigenvalue weighted by Gasteiger charge is 2.11.